The number of non-ortho nitro benzene ring substituents is 1. The highest BCUT2D eigenvalue weighted by atomic mass is 32.1. The van der Waals surface area contributed by atoms with Gasteiger partial charge in [0.05, 0.1) is 17.2 Å². The third-order valence-corrected chi connectivity index (χ3v) is 4.58. The average molecular weight is 387 g/mol. The maximum atomic E-state index is 12.7. The van der Waals surface area contributed by atoms with Crippen molar-refractivity contribution in [2.45, 2.75) is 19.4 Å². The van der Waals surface area contributed by atoms with Crippen LogP contribution in [0.3, 0.4) is 0 Å². The molecule has 0 aliphatic heterocycles. The molecule has 7 nitrogen and oxygen atoms in total. The molecule has 0 saturated heterocycles. The minimum absolute atomic E-state index is 0.0168. The zero-order valence-corrected chi connectivity index (χ0v) is 15.9. The lowest BCUT2D eigenvalue weighted by atomic mass is 10.1. The van der Waals surface area contributed by atoms with E-state index in [0.717, 1.165) is 5.56 Å². The van der Waals surface area contributed by atoms with E-state index in [4.69, 9.17) is 4.74 Å². The fraction of sp³-hybridized carbons (Fsp3) is 0.263. The summed E-state index contributed by atoms with van der Waals surface area (Å²) >= 11 is 1.32. The molecule has 0 radical (unpaired) electrons. The van der Waals surface area contributed by atoms with Crippen molar-refractivity contribution < 1.29 is 14.5 Å². The highest BCUT2D eigenvalue weighted by molar-refractivity contribution is 7.14. The lowest BCUT2D eigenvalue weighted by Gasteiger charge is -2.22. The van der Waals surface area contributed by atoms with Gasteiger partial charge in [0.25, 0.3) is 11.6 Å². The van der Waals surface area contributed by atoms with Crippen molar-refractivity contribution in [2.24, 2.45) is 0 Å². The van der Waals surface area contributed by atoms with Gasteiger partial charge in [0.2, 0.25) is 0 Å². The number of amides is 1. The van der Waals surface area contributed by atoms with E-state index in [1.54, 1.807) is 31.2 Å². The Morgan fingerprint density at radius 3 is 2.67 bits per heavy atom. The van der Waals surface area contributed by atoms with Crippen LogP contribution < -0.4 is 4.90 Å². The molecule has 1 aromatic heterocycles. The number of benzene rings is 1. The normalized spacial score (nSPS) is 11.6. The molecule has 1 atom stereocenters. The molecule has 2 rings (SSSR count). The smallest absolute Gasteiger partial charge is 0.269 e. The first-order valence-corrected chi connectivity index (χ1v) is 9.21. The summed E-state index contributed by atoms with van der Waals surface area (Å²) in [6.45, 7) is 9.75. The molecule has 1 amide bonds. The monoisotopic (exact) mass is 387 g/mol. The summed E-state index contributed by atoms with van der Waals surface area (Å²) in [6, 6.07) is 6.13. The number of hydrogen-bond acceptors (Lipinski definition) is 6. The van der Waals surface area contributed by atoms with Crippen LogP contribution in [0.25, 0.3) is 11.3 Å². The predicted octanol–water partition coefficient (Wildman–Crippen LogP) is 4.22. The number of nitrogens with zero attached hydrogens (tertiary/aromatic N) is 3. The Balaban J connectivity index is 2.18. The summed E-state index contributed by atoms with van der Waals surface area (Å²) in [5.74, 6) is -0.205. The van der Waals surface area contributed by atoms with E-state index in [-0.39, 0.29) is 11.6 Å². The molecule has 1 unspecified atom stereocenters. The molecular formula is C19H21N3O4S. The van der Waals surface area contributed by atoms with Gasteiger partial charge in [-0.15, -0.1) is 24.5 Å². The van der Waals surface area contributed by atoms with Gasteiger partial charge in [0.15, 0.2) is 5.13 Å². The van der Waals surface area contributed by atoms with Crippen molar-refractivity contribution in [2.75, 3.05) is 18.1 Å². The third-order valence-electron chi connectivity index (χ3n) is 3.71. The zero-order valence-electron chi connectivity index (χ0n) is 15.0. The van der Waals surface area contributed by atoms with Crippen molar-refractivity contribution in [1.29, 1.82) is 0 Å². The lowest BCUT2D eigenvalue weighted by Crippen LogP contribution is -2.39. The molecule has 1 aromatic carbocycles. The maximum Gasteiger partial charge on any atom is 0.269 e. The molecule has 0 aliphatic carbocycles. The zero-order chi connectivity index (χ0) is 19.8. The van der Waals surface area contributed by atoms with E-state index in [0.29, 0.717) is 30.4 Å². The molecule has 0 bridgehead atoms. The summed E-state index contributed by atoms with van der Waals surface area (Å²) in [6.07, 6.45) is 3.41. The number of thiazole rings is 1. The standard InChI is InChI=1S/C19H21N3O4S/c1-4-6-12-26-14(3)18(23)21(11-5-2)19-20-17(13-27-19)15-7-9-16(10-8-15)22(24)25/h4-5,7-10,13-14H,1-2,6,11-12H2,3H3. The second kappa shape index (κ2) is 9.75. The summed E-state index contributed by atoms with van der Waals surface area (Å²) < 4.78 is 5.54. The number of nitro benzene ring substituents is 1. The Kier molecular flexibility index (Phi) is 7.39. The van der Waals surface area contributed by atoms with Crippen LogP contribution in [0.2, 0.25) is 0 Å². The largest absolute Gasteiger partial charge is 0.368 e. The fourth-order valence-corrected chi connectivity index (χ4v) is 3.13. The summed E-state index contributed by atoms with van der Waals surface area (Å²) in [4.78, 5) is 29.1. The number of hydrogen-bond donors (Lipinski definition) is 0. The van der Waals surface area contributed by atoms with Gasteiger partial charge in [-0.1, -0.05) is 12.2 Å². The van der Waals surface area contributed by atoms with Crippen LogP contribution in [0, 0.1) is 10.1 Å². The first-order chi connectivity index (χ1) is 13.0. The van der Waals surface area contributed by atoms with Crippen LogP contribution in [0.4, 0.5) is 10.8 Å². The first-order valence-electron chi connectivity index (χ1n) is 8.33. The Bertz CT molecular complexity index is 817. The van der Waals surface area contributed by atoms with E-state index in [9.17, 15) is 14.9 Å². The number of carbonyl (C=O) groups excluding carboxylic acids is 1. The Hall–Kier alpha value is -2.84. The Morgan fingerprint density at radius 1 is 1.37 bits per heavy atom. The first kappa shape index (κ1) is 20.5. The van der Waals surface area contributed by atoms with E-state index in [2.05, 4.69) is 18.1 Å². The topological polar surface area (TPSA) is 85.6 Å². The summed E-state index contributed by atoms with van der Waals surface area (Å²) in [5, 5.41) is 13.1. The van der Waals surface area contributed by atoms with E-state index in [1.165, 1.54) is 28.4 Å². The minimum Gasteiger partial charge on any atom is -0.368 e. The van der Waals surface area contributed by atoms with Crippen LogP contribution in [0.1, 0.15) is 13.3 Å². The minimum atomic E-state index is -0.614. The molecule has 0 saturated carbocycles. The highest BCUT2D eigenvalue weighted by Gasteiger charge is 2.24. The summed E-state index contributed by atoms with van der Waals surface area (Å²) in [7, 11) is 0. The molecule has 1 heterocycles. The molecule has 27 heavy (non-hydrogen) atoms. The van der Waals surface area contributed by atoms with Gasteiger partial charge in [-0.05, 0) is 25.5 Å². The Labute approximate surface area is 161 Å². The molecule has 0 aliphatic rings. The molecule has 8 heteroatoms. The van der Waals surface area contributed by atoms with Gasteiger partial charge >= 0.3 is 0 Å². The van der Waals surface area contributed by atoms with E-state index < -0.39 is 11.0 Å². The van der Waals surface area contributed by atoms with Gasteiger partial charge in [0, 0.05) is 29.6 Å². The number of nitro groups is 1. The average Bonchev–Trinajstić information content (AvgIpc) is 3.15. The van der Waals surface area contributed by atoms with Crippen molar-refractivity contribution in [3.8, 4) is 11.3 Å². The number of aromatic nitrogens is 1. The van der Waals surface area contributed by atoms with E-state index in [1.807, 2.05) is 5.38 Å². The fourth-order valence-electron chi connectivity index (χ4n) is 2.29. The lowest BCUT2D eigenvalue weighted by molar-refractivity contribution is -0.384. The Morgan fingerprint density at radius 2 is 2.07 bits per heavy atom. The van der Waals surface area contributed by atoms with Gasteiger partial charge in [-0.25, -0.2) is 4.98 Å². The number of anilines is 1. The molecule has 0 N–H and O–H groups in total. The van der Waals surface area contributed by atoms with Gasteiger partial charge in [0.1, 0.15) is 6.10 Å². The summed E-state index contributed by atoms with van der Waals surface area (Å²) in [5.41, 5.74) is 1.40. The van der Waals surface area contributed by atoms with Crippen LogP contribution in [0.15, 0.2) is 55.0 Å². The quantitative estimate of drug-likeness (QED) is 0.264. The van der Waals surface area contributed by atoms with Gasteiger partial charge in [-0.2, -0.15) is 0 Å². The molecule has 0 spiro atoms. The van der Waals surface area contributed by atoms with Crippen molar-refractivity contribution in [1.82, 2.24) is 4.98 Å². The highest BCUT2D eigenvalue weighted by Crippen LogP contribution is 2.29. The van der Waals surface area contributed by atoms with Crippen molar-refractivity contribution in [3.63, 3.8) is 0 Å². The molecular weight excluding hydrogens is 366 g/mol. The molecule has 142 valence electrons. The van der Waals surface area contributed by atoms with Crippen LogP contribution >= 0.6 is 11.3 Å². The number of carbonyl (C=O) groups is 1. The van der Waals surface area contributed by atoms with Crippen LogP contribution in [-0.2, 0) is 9.53 Å². The van der Waals surface area contributed by atoms with Gasteiger partial charge in [-0.3, -0.25) is 19.8 Å². The second-order valence-corrected chi connectivity index (χ2v) is 6.48. The van der Waals surface area contributed by atoms with Crippen LogP contribution in [0.5, 0.6) is 0 Å². The number of rotatable bonds is 10. The second-order valence-electron chi connectivity index (χ2n) is 5.65. The maximum absolute atomic E-state index is 12.7. The van der Waals surface area contributed by atoms with Crippen molar-refractivity contribution >= 4 is 28.1 Å². The molecule has 0 fully saturated rings. The van der Waals surface area contributed by atoms with Crippen molar-refractivity contribution in [3.05, 3.63) is 65.1 Å². The third kappa shape index (κ3) is 5.32. The SMILES string of the molecule is C=CCCOC(C)C(=O)N(CC=C)c1nc(-c2ccc([N+](=O)[O-])cc2)cs1. The van der Waals surface area contributed by atoms with E-state index >= 15 is 0 Å². The predicted molar refractivity (Wildman–Crippen MR) is 107 cm³/mol. The van der Waals surface area contributed by atoms with Crippen LogP contribution in [-0.4, -0.2) is 35.1 Å². The number of ether oxygens (including phenoxy) is 1. The van der Waals surface area contributed by atoms with Gasteiger partial charge < -0.3 is 4.74 Å². The molecule has 2 aromatic rings.